The zero-order valence-electron chi connectivity index (χ0n) is 26.3. The molecule has 4 aromatic carbocycles. The van der Waals surface area contributed by atoms with Gasteiger partial charge in [0.1, 0.15) is 0 Å². The molecular weight excluding hydrogens is 536 g/mol. The third-order valence-electron chi connectivity index (χ3n) is 8.03. The molecule has 0 bridgehead atoms. The van der Waals surface area contributed by atoms with Gasteiger partial charge in [-0.1, -0.05) is 139 Å². The molecule has 0 saturated heterocycles. The molecule has 0 fully saturated rings. The second-order valence-corrected chi connectivity index (χ2v) is 13.2. The number of hydrogen-bond donors (Lipinski definition) is 0. The summed E-state index contributed by atoms with van der Waals surface area (Å²) in [5, 5.41) is 0. The quantitative estimate of drug-likeness (QED) is 0.206. The van der Waals surface area contributed by atoms with Crippen molar-refractivity contribution in [3.8, 4) is 56.2 Å². The zero-order valence-corrected chi connectivity index (χ0v) is 26.3. The smallest absolute Gasteiger partial charge is 0.0971 e. The van der Waals surface area contributed by atoms with E-state index in [1.165, 1.54) is 11.1 Å². The van der Waals surface area contributed by atoms with Crippen molar-refractivity contribution in [2.75, 3.05) is 0 Å². The predicted octanol–water partition coefficient (Wildman–Crippen LogP) is 10.2. The van der Waals surface area contributed by atoms with E-state index in [4.69, 9.17) is 19.9 Å². The summed E-state index contributed by atoms with van der Waals surface area (Å²) >= 11 is 0. The van der Waals surface area contributed by atoms with E-state index in [2.05, 4.69) is 139 Å². The van der Waals surface area contributed by atoms with Gasteiger partial charge in [0.05, 0.1) is 22.8 Å². The largest absolute Gasteiger partial charge is 0.252 e. The Morgan fingerprint density at radius 3 is 0.886 bits per heavy atom. The van der Waals surface area contributed by atoms with Crippen LogP contribution < -0.4 is 0 Å². The maximum atomic E-state index is 4.95. The van der Waals surface area contributed by atoms with Gasteiger partial charge in [0, 0.05) is 47.0 Å². The van der Waals surface area contributed by atoms with Gasteiger partial charge >= 0.3 is 0 Å². The van der Waals surface area contributed by atoms with Crippen LogP contribution in [0.4, 0.5) is 0 Å². The van der Waals surface area contributed by atoms with Crippen molar-refractivity contribution in [2.24, 2.45) is 0 Å². The number of rotatable bonds is 5. The van der Waals surface area contributed by atoms with Gasteiger partial charge in [0.2, 0.25) is 0 Å². The minimum atomic E-state index is -0.0524. The van der Waals surface area contributed by atoms with E-state index in [-0.39, 0.29) is 10.8 Å². The highest BCUT2D eigenvalue weighted by Gasteiger charge is 2.25. The van der Waals surface area contributed by atoms with Crippen LogP contribution in [0.15, 0.2) is 122 Å². The highest BCUT2D eigenvalue weighted by atomic mass is 14.8. The summed E-state index contributed by atoms with van der Waals surface area (Å²) in [5.74, 6) is 0. The number of benzene rings is 4. The molecule has 0 aliphatic rings. The van der Waals surface area contributed by atoms with Gasteiger partial charge in [0.25, 0.3) is 0 Å². The average Bonchev–Trinajstić information content (AvgIpc) is 3.04. The minimum Gasteiger partial charge on any atom is -0.252 e. The summed E-state index contributed by atoms with van der Waals surface area (Å²) in [4.78, 5) is 19.7. The number of hydrogen-bond acceptors (Lipinski definition) is 4. The normalized spacial score (nSPS) is 11.9. The summed E-state index contributed by atoms with van der Waals surface area (Å²) in [6.45, 7) is 13.4. The van der Waals surface area contributed by atoms with E-state index in [1.54, 1.807) is 24.8 Å². The maximum absolute atomic E-state index is 4.95. The van der Waals surface area contributed by atoms with Crippen molar-refractivity contribution in [3.05, 3.63) is 133 Å². The van der Waals surface area contributed by atoms with Gasteiger partial charge in [-0.2, -0.15) is 0 Å². The summed E-state index contributed by atoms with van der Waals surface area (Å²) in [6.07, 6.45) is 7.14. The average molecular weight is 575 g/mol. The second kappa shape index (κ2) is 11.6. The van der Waals surface area contributed by atoms with Crippen molar-refractivity contribution >= 4 is 0 Å². The fraction of sp³-hybridized carbons (Fsp3) is 0.200. The fourth-order valence-corrected chi connectivity index (χ4v) is 6.00. The third kappa shape index (κ3) is 5.56. The van der Waals surface area contributed by atoms with E-state index >= 15 is 0 Å². The Balaban J connectivity index is 1.57. The predicted molar refractivity (Wildman–Crippen MR) is 182 cm³/mol. The molecule has 4 nitrogen and oxygen atoms in total. The van der Waals surface area contributed by atoms with Crippen LogP contribution in [-0.4, -0.2) is 19.9 Å². The van der Waals surface area contributed by atoms with Crippen molar-refractivity contribution in [2.45, 2.75) is 52.4 Å². The summed E-state index contributed by atoms with van der Waals surface area (Å²) in [6, 6.07) is 34.0. The molecule has 0 saturated carbocycles. The lowest BCUT2D eigenvalue weighted by Crippen LogP contribution is -2.13. The molecule has 218 valence electrons. The van der Waals surface area contributed by atoms with Crippen LogP contribution in [0.25, 0.3) is 56.2 Å². The van der Waals surface area contributed by atoms with Crippen LogP contribution in [0, 0.1) is 0 Å². The van der Waals surface area contributed by atoms with Gasteiger partial charge in [-0.05, 0) is 33.1 Å². The fourth-order valence-electron chi connectivity index (χ4n) is 6.00. The van der Waals surface area contributed by atoms with Crippen LogP contribution in [0.1, 0.15) is 52.7 Å². The molecule has 0 radical (unpaired) electrons. The highest BCUT2D eigenvalue weighted by Crippen LogP contribution is 2.43. The monoisotopic (exact) mass is 574 g/mol. The molecule has 0 N–H and O–H groups in total. The Morgan fingerprint density at radius 1 is 0.318 bits per heavy atom. The standard InChI is InChI=1S/C40H38N4/c1-39(2,3)33-21-13-11-19-31(33)37-35(41-23-25-43-37)29-17-9-7-15-27(29)28-16-8-10-18-30(28)36-38(44-26-24-42-36)32-20-12-14-22-34(32)40(4,5)6/h7-26H,1-6H3. The van der Waals surface area contributed by atoms with Crippen molar-refractivity contribution < 1.29 is 0 Å². The Hall–Kier alpha value is -4.96. The van der Waals surface area contributed by atoms with Crippen molar-refractivity contribution in [3.63, 3.8) is 0 Å². The highest BCUT2D eigenvalue weighted by molar-refractivity contribution is 5.95. The topological polar surface area (TPSA) is 51.6 Å². The molecule has 0 spiro atoms. The number of nitrogens with zero attached hydrogens (tertiary/aromatic N) is 4. The minimum absolute atomic E-state index is 0.0524. The molecule has 0 amide bonds. The summed E-state index contributed by atoms with van der Waals surface area (Å²) in [5.41, 5.74) is 12.2. The molecule has 2 aromatic heterocycles. The molecular formula is C40H38N4. The SMILES string of the molecule is CC(C)(C)c1ccccc1-c1nccnc1-c1ccccc1-c1ccccc1-c1nccnc1-c1ccccc1C(C)(C)C. The van der Waals surface area contributed by atoms with E-state index in [0.29, 0.717) is 0 Å². The van der Waals surface area contributed by atoms with Crippen LogP contribution in [0.5, 0.6) is 0 Å². The van der Waals surface area contributed by atoms with Crippen molar-refractivity contribution in [1.29, 1.82) is 0 Å². The maximum Gasteiger partial charge on any atom is 0.0971 e. The molecule has 0 atom stereocenters. The second-order valence-electron chi connectivity index (χ2n) is 13.2. The summed E-state index contributed by atoms with van der Waals surface area (Å²) < 4.78 is 0. The Morgan fingerprint density at radius 2 is 0.568 bits per heavy atom. The van der Waals surface area contributed by atoms with E-state index in [9.17, 15) is 0 Å². The van der Waals surface area contributed by atoms with Gasteiger partial charge in [-0.15, -0.1) is 0 Å². The Bertz CT molecular complexity index is 1800. The van der Waals surface area contributed by atoms with Crippen LogP contribution >= 0.6 is 0 Å². The summed E-state index contributed by atoms with van der Waals surface area (Å²) in [7, 11) is 0. The first-order valence-electron chi connectivity index (χ1n) is 15.2. The Labute approximate surface area is 261 Å². The molecule has 0 unspecified atom stereocenters. The van der Waals surface area contributed by atoms with Crippen molar-refractivity contribution in [1.82, 2.24) is 19.9 Å². The molecule has 0 aliphatic heterocycles. The van der Waals surface area contributed by atoms with Crippen LogP contribution in [0.2, 0.25) is 0 Å². The lowest BCUT2D eigenvalue weighted by atomic mass is 9.81. The van der Waals surface area contributed by atoms with Gasteiger partial charge < -0.3 is 0 Å². The van der Waals surface area contributed by atoms with Gasteiger partial charge in [-0.25, -0.2) is 0 Å². The zero-order chi connectivity index (χ0) is 30.9. The van der Waals surface area contributed by atoms with E-state index in [1.807, 2.05) is 0 Å². The lowest BCUT2D eigenvalue weighted by molar-refractivity contribution is 0.591. The molecule has 4 heteroatoms. The molecule has 6 rings (SSSR count). The first kappa shape index (κ1) is 29.1. The molecule has 44 heavy (non-hydrogen) atoms. The first-order chi connectivity index (χ1) is 21.1. The van der Waals surface area contributed by atoms with Crippen LogP contribution in [-0.2, 0) is 10.8 Å². The van der Waals surface area contributed by atoms with E-state index in [0.717, 1.165) is 56.2 Å². The molecule has 0 aliphatic carbocycles. The van der Waals surface area contributed by atoms with Gasteiger partial charge in [0.15, 0.2) is 0 Å². The van der Waals surface area contributed by atoms with Crippen LogP contribution in [0.3, 0.4) is 0 Å². The molecule has 6 aromatic rings. The number of aromatic nitrogens is 4. The first-order valence-corrected chi connectivity index (χ1v) is 15.2. The molecule has 2 heterocycles. The third-order valence-corrected chi connectivity index (χ3v) is 8.03. The van der Waals surface area contributed by atoms with E-state index < -0.39 is 0 Å². The lowest BCUT2D eigenvalue weighted by Gasteiger charge is -2.24. The van der Waals surface area contributed by atoms with Gasteiger partial charge in [-0.3, -0.25) is 19.9 Å². The Kier molecular flexibility index (Phi) is 7.69.